The molecule has 10 rings (SSSR count). The molecule has 2 heterocycles. The first-order chi connectivity index (χ1) is 35.5. The number of aromatic nitrogens is 3. The SMILES string of the molecule is [2H]c1c([2H])c([2H])c(-c2nc(-c3c([2H])c([2H])c([2H])c4c([2H])c([2H])c([2H])c([2H])c34)nc(-c3c([2H])c4c(oc5c([2H])c(-c6c([2H])c([2H])c7c([2H])c([2H])c([2H])c([2H])c7c6[2H])c([2H])c([2H])c54)c4c([2H])c([2H])c([2H])c([2H])c34)n2)c([2H])c1[2H]. The van der Waals surface area contributed by atoms with Gasteiger partial charge in [-0.05, 0) is 62.2 Å². The van der Waals surface area contributed by atoms with Crippen molar-refractivity contribution in [3.8, 4) is 45.3 Å². The molecule has 0 fully saturated rings. The van der Waals surface area contributed by atoms with Crippen LogP contribution in [0.5, 0.6) is 0 Å². The Morgan fingerprint density at radius 2 is 1.00 bits per heavy atom. The van der Waals surface area contributed by atoms with Crippen molar-refractivity contribution >= 4 is 54.3 Å². The van der Waals surface area contributed by atoms with E-state index in [0.29, 0.717) is 0 Å². The largest absolute Gasteiger partial charge is 0.455 e. The summed E-state index contributed by atoms with van der Waals surface area (Å²) >= 11 is 0. The highest BCUT2D eigenvalue weighted by Gasteiger charge is 2.20. The monoisotopic (exact) mass is 652 g/mol. The van der Waals surface area contributed by atoms with Crippen LogP contribution in [0, 0.1) is 0 Å². The Bertz CT molecular complexity index is 4400. The molecule has 228 valence electrons. The zero-order valence-electron chi connectivity index (χ0n) is 51.2. The molecule has 0 unspecified atom stereocenters. The molecule has 0 atom stereocenters. The molecule has 0 radical (unpaired) electrons. The maximum Gasteiger partial charge on any atom is 0.164 e. The standard InChI is InChI=1S/C45H27N3O/c1-2-13-30(14-3-1)43-46-44(38-20-10-16-29-12-6-7-17-34(29)38)48-45(47-43)40-27-39-36-24-23-33(32-22-21-28-11-4-5-15-31(28)25-32)26-41(36)49-42(39)37-19-9-8-18-35(37)40/h1-27H/i1D,2D,3D,4D,5D,6D,7D,8D,9D,10D,11D,12D,13D,14D,15D,16D,17D,18D,19D,20D,21D,22D,23D,24D,25D,26D,27D. The van der Waals surface area contributed by atoms with Gasteiger partial charge in [-0.1, -0.05) is 139 Å². The highest BCUT2D eigenvalue weighted by atomic mass is 16.3. The van der Waals surface area contributed by atoms with E-state index < -0.39 is 263 Å². The van der Waals surface area contributed by atoms with Crippen molar-refractivity contribution in [3.05, 3.63) is 163 Å². The normalized spacial score (nSPS) is 19.4. The van der Waals surface area contributed by atoms with Crippen molar-refractivity contribution in [2.45, 2.75) is 0 Å². The summed E-state index contributed by atoms with van der Waals surface area (Å²) in [4.78, 5) is 13.3. The highest BCUT2D eigenvalue weighted by molar-refractivity contribution is 6.19. The van der Waals surface area contributed by atoms with Crippen LogP contribution in [0.2, 0.25) is 0 Å². The summed E-state index contributed by atoms with van der Waals surface area (Å²) in [5.74, 6) is -2.51. The van der Waals surface area contributed by atoms with E-state index in [2.05, 4.69) is 15.0 Å². The molecule has 0 saturated carbocycles. The van der Waals surface area contributed by atoms with E-state index in [-0.39, 0.29) is 0 Å². The third-order valence-electron chi connectivity index (χ3n) is 7.49. The highest BCUT2D eigenvalue weighted by Crippen LogP contribution is 2.41. The van der Waals surface area contributed by atoms with E-state index in [1.165, 1.54) is 0 Å². The van der Waals surface area contributed by atoms with Gasteiger partial charge in [0.05, 0.1) is 37.0 Å². The van der Waals surface area contributed by atoms with Gasteiger partial charge in [-0.2, -0.15) is 0 Å². The van der Waals surface area contributed by atoms with Crippen LogP contribution < -0.4 is 0 Å². The minimum Gasteiger partial charge on any atom is -0.455 e. The summed E-state index contributed by atoms with van der Waals surface area (Å²) in [6, 6.07) is -23.3. The van der Waals surface area contributed by atoms with Crippen LogP contribution in [-0.2, 0) is 0 Å². The second kappa shape index (κ2) is 11.0. The van der Waals surface area contributed by atoms with E-state index in [9.17, 15) is 8.22 Å². The summed E-state index contributed by atoms with van der Waals surface area (Å²) in [6.45, 7) is 0. The molecule has 10 aromatic rings. The van der Waals surface area contributed by atoms with Crippen LogP contribution in [0.1, 0.15) is 37.0 Å². The summed E-state index contributed by atoms with van der Waals surface area (Å²) in [6.07, 6.45) is 0. The van der Waals surface area contributed by atoms with Gasteiger partial charge in [0, 0.05) is 32.8 Å². The topological polar surface area (TPSA) is 51.8 Å². The molecule has 4 heteroatoms. The van der Waals surface area contributed by atoms with Crippen LogP contribution in [0.25, 0.3) is 99.5 Å². The fourth-order valence-electron chi connectivity index (χ4n) is 5.31. The van der Waals surface area contributed by atoms with Crippen molar-refractivity contribution in [1.82, 2.24) is 15.0 Å². The van der Waals surface area contributed by atoms with E-state index in [4.69, 9.17) is 33.2 Å². The van der Waals surface area contributed by atoms with Crippen molar-refractivity contribution < 1.29 is 41.4 Å². The van der Waals surface area contributed by atoms with E-state index in [1.54, 1.807) is 0 Å². The maximum atomic E-state index is 9.93. The lowest BCUT2D eigenvalue weighted by Crippen LogP contribution is -2.01. The third-order valence-corrected chi connectivity index (χ3v) is 7.49. The molecule has 8 aromatic carbocycles. The van der Waals surface area contributed by atoms with Gasteiger partial charge in [0.2, 0.25) is 0 Å². The Hall–Kier alpha value is -6.65. The summed E-state index contributed by atoms with van der Waals surface area (Å²) in [5.41, 5.74) is -4.82. The first-order valence-electron chi connectivity index (χ1n) is 27.7. The molecule has 0 aliphatic rings. The number of hydrogen-bond acceptors (Lipinski definition) is 4. The van der Waals surface area contributed by atoms with E-state index in [1.807, 2.05) is 0 Å². The number of hydrogen-bond donors (Lipinski definition) is 0. The summed E-state index contributed by atoms with van der Waals surface area (Å²) in [7, 11) is 0. The number of rotatable bonds is 4. The number of furan rings is 1. The first-order valence-corrected chi connectivity index (χ1v) is 14.2. The molecule has 0 N–H and O–H groups in total. The Kier molecular flexibility index (Phi) is 2.64. The smallest absolute Gasteiger partial charge is 0.164 e. The molecule has 0 spiro atoms. The molecule has 0 saturated heterocycles. The quantitative estimate of drug-likeness (QED) is 0.190. The summed E-state index contributed by atoms with van der Waals surface area (Å²) in [5, 5.41) is -4.53. The third kappa shape index (κ3) is 4.57. The zero-order valence-corrected chi connectivity index (χ0v) is 24.2. The fraction of sp³-hybridized carbons (Fsp3) is 0. The Labute approximate surface area is 319 Å². The lowest BCUT2D eigenvalue weighted by Gasteiger charge is -2.12. The minimum atomic E-state index is -0.938. The van der Waals surface area contributed by atoms with Crippen LogP contribution in [0.4, 0.5) is 0 Å². The molecular weight excluding hydrogens is 599 g/mol. The van der Waals surface area contributed by atoms with Crippen molar-refractivity contribution in [2.75, 3.05) is 0 Å². The first kappa shape index (κ1) is 11.8. The van der Waals surface area contributed by atoms with Gasteiger partial charge < -0.3 is 4.42 Å². The van der Waals surface area contributed by atoms with Crippen LogP contribution in [0.15, 0.2) is 168 Å². The van der Waals surface area contributed by atoms with E-state index >= 15 is 0 Å². The molecule has 0 amide bonds. The van der Waals surface area contributed by atoms with Crippen molar-refractivity contribution in [1.29, 1.82) is 0 Å². The predicted molar refractivity (Wildman–Crippen MR) is 201 cm³/mol. The molecule has 0 bridgehead atoms. The van der Waals surface area contributed by atoms with Gasteiger partial charge in [0.25, 0.3) is 0 Å². The van der Waals surface area contributed by atoms with Crippen LogP contribution in [0.3, 0.4) is 0 Å². The maximum absolute atomic E-state index is 9.93. The number of fused-ring (bicyclic) bond motifs is 7. The minimum absolute atomic E-state index is 0.507. The average molecular weight is 653 g/mol. The average Bonchev–Trinajstić information content (AvgIpc) is 3.84. The predicted octanol–water partition coefficient (Wildman–Crippen LogP) is 11.9. The van der Waals surface area contributed by atoms with Gasteiger partial charge in [0.15, 0.2) is 17.5 Å². The van der Waals surface area contributed by atoms with Crippen LogP contribution in [-0.4, -0.2) is 15.0 Å². The summed E-state index contributed by atoms with van der Waals surface area (Å²) < 4.78 is 244. The lowest BCUT2D eigenvalue weighted by molar-refractivity contribution is 0.673. The molecule has 0 aliphatic heterocycles. The second-order valence-electron chi connectivity index (χ2n) is 10.3. The number of benzene rings is 8. The molecule has 2 aromatic heterocycles. The molecule has 4 nitrogen and oxygen atoms in total. The van der Waals surface area contributed by atoms with Crippen molar-refractivity contribution in [2.24, 2.45) is 0 Å². The van der Waals surface area contributed by atoms with Gasteiger partial charge in [-0.3, -0.25) is 0 Å². The van der Waals surface area contributed by atoms with Gasteiger partial charge in [0.1, 0.15) is 11.2 Å². The Morgan fingerprint density at radius 1 is 0.367 bits per heavy atom. The number of nitrogens with zero attached hydrogens (tertiary/aromatic N) is 3. The second-order valence-corrected chi connectivity index (χ2v) is 10.3. The van der Waals surface area contributed by atoms with Gasteiger partial charge in [-0.25, -0.2) is 15.0 Å². The lowest BCUT2D eigenvalue weighted by atomic mass is 9.98. The molecule has 0 aliphatic carbocycles. The van der Waals surface area contributed by atoms with E-state index in [0.717, 1.165) is 0 Å². The molecular formula is C45H27N3O. The van der Waals surface area contributed by atoms with Gasteiger partial charge in [-0.15, -0.1) is 0 Å². The van der Waals surface area contributed by atoms with Crippen molar-refractivity contribution in [3.63, 3.8) is 0 Å². The Balaban J connectivity index is 1.42. The van der Waals surface area contributed by atoms with Crippen LogP contribution >= 0.6 is 0 Å². The zero-order chi connectivity index (χ0) is 55.8. The van der Waals surface area contributed by atoms with Gasteiger partial charge >= 0.3 is 0 Å². The molecule has 49 heavy (non-hydrogen) atoms. The Morgan fingerprint density at radius 3 is 1.86 bits per heavy atom. The fourth-order valence-corrected chi connectivity index (χ4v) is 5.31.